The highest BCUT2D eigenvalue weighted by atomic mass is 32.1. The molecule has 1 unspecified atom stereocenters. The van der Waals surface area contributed by atoms with Crippen molar-refractivity contribution in [1.82, 2.24) is 20.1 Å². The molecule has 2 aromatic heterocycles. The number of carbonyl (C=O) groups excluding carboxylic acids is 1. The topological polar surface area (TPSA) is 72.1 Å². The van der Waals surface area contributed by atoms with Gasteiger partial charge in [0.25, 0.3) is 11.8 Å². The number of amides is 1. The molecular weight excluding hydrogens is 336 g/mol. The van der Waals surface area contributed by atoms with Gasteiger partial charge >= 0.3 is 0 Å². The lowest BCUT2D eigenvalue weighted by Crippen LogP contribution is -2.30. The number of hydrogen-bond donors (Lipinski definition) is 0. The molecule has 3 aromatic rings. The first kappa shape index (κ1) is 16.0. The molecule has 0 radical (unpaired) electrons. The average molecular weight is 354 g/mol. The Labute approximate surface area is 149 Å². The van der Waals surface area contributed by atoms with Gasteiger partial charge in [-0.15, -0.1) is 21.5 Å². The molecule has 4 rings (SSSR count). The van der Waals surface area contributed by atoms with Gasteiger partial charge in [0.15, 0.2) is 0 Å². The summed E-state index contributed by atoms with van der Waals surface area (Å²) in [6.07, 6.45) is 1.76. The predicted molar refractivity (Wildman–Crippen MR) is 94.3 cm³/mol. The Balaban J connectivity index is 1.59. The minimum atomic E-state index is -0.164. The lowest BCUT2D eigenvalue weighted by molar-refractivity contribution is 0.0716. The summed E-state index contributed by atoms with van der Waals surface area (Å²) in [6.45, 7) is 4.63. The Hall–Kier alpha value is -2.54. The largest absolute Gasteiger partial charge is 0.418 e. The summed E-state index contributed by atoms with van der Waals surface area (Å²) >= 11 is 1.48. The van der Waals surface area contributed by atoms with Crippen LogP contribution in [0.25, 0.3) is 10.8 Å². The van der Waals surface area contributed by atoms with Crippen LogP contribution >= 0.6 is 11.3 Å². The highest BCUT2D eigenvalue weighted by Gasteiger charge is 2.34. The van der Waals surface area contributed by atoms with E-state index in [0.29, 0.717) is 23.9 Å². The first-order chi connectivity index (χ1) is 12.1. The van der Waals surface area contributed by atoms with E-state index in [1.165, 1.54) is 11.3 Å². The van der Waals surface area contributed by atoms with Crippen molar-refractivity contribution < 1.29 is 9.21 Å². The van der Waals surface area contributed by atoms with Gasteiger partial charge in [-0.3, -0.25) is 4.79 Å². The van der Waals surface area contributed by atoms with Gasteiger partial charge in [0.2, 0.25) is 5.89 Å². The normalized spacial score (nSPS) is 17.2. The van der Waals surface area contributed by atoms with Crippen LogP contribution in [-0.2, 0) is 0 Å². The molecule has 25 heavy (non-hydrogen) atoms. The van der Waals surface area contributed by atoms with E-state index in [0.717, 1.165) is 29.0 Å². The van der Waals surface area contributed by atoms with Gasteiger partial charge in [-0.25, -0.2) is 4.98 Å². The zero-order chi connectivity index (χ0) is 17.4. The fourth-order valence-corrected chi connectivity index (χ4v) is 3.82. The summed E-state index contributed by atoms with van der Waals surface area (Å²) in [5.41, 5.74) is 4.46. The average Bonchev–Trinajstić information content (AvgIpc) is 3.34. The van der Waals surface area contributed by atoms with E-state index in [2.05, 4.69) is 15.2 Å². The van der Waals surface area contributed by atoms with E-state index in [-0.39, 0.29) is 11.9 Å². The Morgan fingerprint density at radius 3 is 2.76 bits per heavy atom. The maximum atomic E-state index is 12.9. The van der Waals surface area contributed by atoms with Crippen LogP contribution in [0.4, 0.5) is 0 Å². The van der Waals surface area contributed by atoms with Crippen molar-refractivity contribution in [2.24, 2.45) is 0 Å². The van der Waals surface area contributed by atoms with Crippen molar-refractivity contribution in [2.75, 3.05) is 6.54 Å². The molecule has 1 aliphatic heterocycles. The zero-order valence-electron chi connectivity index (χ0n) is 14.1. The fraction of sp³-hybridized carbons (Fsp3) is 0.333. The highest BCUT2D eigenvalue weighted by molar-refractivity contribution is 7.13. The predicted octanol–water partition coefficient (Wildman–Crippen LogP) is 3.79. The third kappa shape index (κ3) is 2.95. The van der Waals surface area contributed by atoms with E-state index in [4.69, 9.17) is 4.42 Å². The molecule has 3 heterocycles. The molecule has 0 N–H and O–H groups in total. The van der Waals surface area contributed by atoms with Crippen molar-refractivity contribution in [3.05, 3.63) is 52.5 Å². The van der Waals surface area contributed by atoms with Gasteiger partial charge in [0.1, 0.15) is 10.9 Å². The molecule has 1 amide bonds. The monoisotopic (exact) mass is 354 g/mol. The molecule has 1 fully saturated rings. The molecule has 0 spiro atoms. The third-order valence-corrected chi connectivity index (χ3v) is 5.39. The summed E-state index contributed by atoms with van der Waals surface area (Å²) in [5, 5.41) is 8.36. The zero-order valence-corrected chi connectivity index (χ0v) is 14.9. The molecule has 0 saturated carbocycles. The van der Waals surface area contributed by atoms with E-state index in [9.17, 15) is 4.79 Å². The van der Waals surface area contributed by atoms with Gasteiger partial charge in [-0.1, -0.05) is 17.7 Å². The van der Waals surface area contributed by atoms with Crippen molar-refractivity contribution in [2.45, 2.75) is 32.7 Å². The first-order valence-corrected chi connectivity index (χ1v) is 9.13. The summed E-state index contributed by atoms with van der Waals surface area (Å²) in [7, 11) is 0. The highest BCUT2D eigenvalue weighted by Crippen LogP contribution is 2.34. The number of thiazole rings is 1. The maximum absolute atomic E-state index is 12.9. The Morgan fingerprint density at radius 2 is 2.04 bits per heavy atom. The molecule has 0 bridgehead atoms. The first-order valence-electron chi connectivity index (χ1n) is 8.25. The maximum Gasteiger partial charge on any atom is 0.259 e. The number of nitrogens with zero attached hydrogens (tertiary/aromatic N) is 4. The van der Waals surface area contributed by atoms with Crippen LogP contribution in [0.3, 0.4) is 0 Å². The minimum Gasteiger partial charge on any atom is -0.418 e. The van der Waals surface area contributed by atoms with Gasteiger partial charge in [0, 0.05) is 12.1 Å². The van der Waals surface area contributed by atoms with Crippen LogP contribution < -0.4 is 0 Å². The van der Waals surface area contributed by atoms with Crippen molar-refractivity contribution >= 4 is 17.2 Å². The van der Waals surface area contributed by atoms with Crippen molar-refractivity contribution in [1.29, 1.82) is 0 Å². The van der Waals surface area contributed by atoms with Gasteiger partial charge < -0.3 is 9.32 Å². The van der Waals surface area contributed by atoms with Crippen LogP contribution in [0, 0.1) is 13.8 Å². The van der Waals surface area contributed by atoms with E-state index in [1.54, 1.807) is 5.51 Å². The number of rotatable bonds is 3. The quantitative estimate of drug-likeness (QED) is 0.715. The second-order valence-electron chi connectivity index (χ2n) is 6.23. The van der Waals surface area contributed by atoms with Crippen LogP contribution in [0.5, 0.6) is 0 Å². The molecule has 1 atom stereocenters. The summed E-state index contributed by atoms with van der Waals surface area (Å²) in [5.74, 6) is 0.988. The molecule has 1 saturated heterocycles. The summed E-state index contributed by atoms with van der Waals surface area (Å²) in [6, 6.07) is 7.48. The number of likely N-dealkylation sites (tertiary alicyclic amines) is 1. The minimum absolute atomic E-state index is 0.0104. The number of aryl methyl sites for hydroxylation is 2. The standard InChI is InChI=1S/C18H18N4O2S/c1-11-5-7-13(8-6-11)18(23)22-9-3-4-14(22)16-20-21-17(24-16)15-12(2)19-10-25-15/h5-8,10,14H,3-4,9H2,1-2H3. The lowest BCUT2D eigenvalue weighted by Gasteiger charge is -2.22. The molecule has 1 aromatic carbocycles. The van der Waals surface area contributed by atoms with Crippen LogP contribution in [0.15, 0.2) is 34.2 Å². The number of aromatic nitrogens is 3. The molecule has 1 aliphatic rings. The Morgan fingerprint density at radius 1 is 1.24 bits per heavy atom. The summed E-state index contributed by atoms with van der Waals surface area (Å²) in [4.78, 5) is 19.8. The van der Waals surface area contributed by atoms with Crippen molar-refractivity contribution in [3.63, 3.8) is 0 Å². The van der Waals surface area contributed by atoms with Crippen LogP contribution in [-0.4, -0.2) is 32.5 Å². The molecular formula is C18H18N4O2S. The molecule has 128 valence electrons. The molecule has 0 aliphatic carbocycles. The van der Waals surface area contributed by atoms with E-state index < -0.39 is 0 Å². The van der Waals surface area contributed by atoms with E-state index >= 15 is 0 Å². The number of benzene rings is 1. The smallest absolute Gasteiger partial charge is 0.259 e. The van der Waals surface area contributed by atoms with Crippen LogP contribution in [0.1, 0.15) is 46.4 Å². The SMILES string of the molecule is Cc1ccc(C(=O)N2CCCC2c2nnc(-c3scnc3C)o2)cc1. The van der Waals surface area contributed by atoms with Crippen LogP contribution in [0.2, 0.25) is 0 Å². The molecule has 7 heteroatoms. The number of hydrogen-bond acceptors (Lipinski definition) is 6. The summed E-state index contributed by atoms with van der Waals surface area (Å²) < 4.78 is 5.88. The van der Waals surface area contributed by atoms with Crippen molar-refractivity contribution in [3.8, 4) is 10.8 Å². The number of carbonyl (C=O) groups is 1. The van der Waals surface area contributed by atoms with E-state index in [1.807, 2.05) is 43.0 Å². The van der Waals surface area contributed by atoms with Gasteiger partial charge in [-0.2, -0.15) is 0 Å². The second kappa shape index (κ2) is 6.40. The molecule has 6 nitrogen and oxygen atoms in total. The Kier molecular flexibility index (Phi) is 4.09. The Bertz CT molecular complexity index is 900. The third-order valence-electron chi connectivity index (χ3n) is 4.48. The fourth-order valence-electron chi connectivity index (χ4n) is 3.10. The van der Waals surface area contributed by atoms with Gasteiger partial charge in [0.05, 0.1) is 11.2 Å². The second-order valence-corrected chi connectivity index (χ2v) is 7.09. The van der Waals surface area contributed by atoms with Gasteiger partial charge in [-0.05, 0) is 38.8 Å². The lowest BCUT2D eigenvalue weighted by atomic mass is 10.1.